The number of rotatable bonds is 5. The molecule has 0 spiro atoms. The van der Waals surface area contributed by atoms with E-state index in [0.717, 1.165) is 22.6 Å². The van der Waals surface area contributed by atoms with Crippen LogP contribution in [0.25, 0.3) is 0 Å². The SMILES string of the molecule is CC(=C1C(=NC#N)C(C=C2N(C)c3ccccc3C2(C)C)=C1O)C1Nc2ccccc2C1(C)C.CCN(CC)CC. The number of aliphatic hydroxyl groups is 1. The highest BCUT2D eigenvalue weighted by Crippen LogP contribution is 2.49. The van der Waals surface area contributed by atoms with Gasteiger partial charge in [0.25, 0.3) is 0 Å². The summed E-state index contributed by atoms with van der Waals surface area (Å²) in [4.78, 5) is 8.69. The van der Waals surface area contributed by atoms with E-state index in [1.54, 1.807) is 0 Å². The zero-order valence-electron chi connectivity index (χ0n) is 26.1. The standard InChI is InChI=1S/C29H30N4O.C6H15N/c1-17(27-29(4,5)19-11-7-9-13-21(19)32-27)24-25(31-16-30)18(26(24)34)15-23-28(2,3)20-12-8-10-14-22(20)33(23)6;1-4-7(5-2)6-3/h7-15,27,32,34H,1-6H3;4-6H2,1-3H3. The highest BCUT2D eigenvalue weighted by Gasteiger charge is 2.45. The molecule has 6 heteroatoms. The third-order valence-corrected chi connectivity index (χ3v) is 9.18. The molecule has 1 unspecified atom stereocenters. The molecule has 6 nitrogen and oxygen atoms in total. The molecule has 0 aromatic heterocycles. The van der Waals surface area contributed by atoms with Gasteiger partial charge in [-0.15, -0.1) is 0 Å². The summed E-state index contributed by atoms with van der Waals surface area (Å²) in [6.07, 6.45) is 3.94. The van der Waals surface area contributed by atoms with Crippen molar-refractivity contribution >= 4 is 17.1 Å². The van der Waals surface area contributed by atoms with Gasteiger partial charge in [0.1, 0.15) is 5.76 Å². The van der Waals surface area contributed by atoms with Gasteiger partial charge in [0.15, 0.2) is 0 Å². The Bertz CT molecular complexity index is 1470. The second-order valence-corrected chi connectivity index (χ2v) is 12.1. The number of likely N-dealkylation sites (N-methyl/N-ethyl adjacent to an activating group) is 1. The van der Waals surface area contributed by atoms with Crippen molar-refractivity contribution in [3.8, 4) is 6.19 Å². The molecule has 0 radical (unpaired) electrons. The summed E-state index contributed by atoms with van der Waals surface area (Å²) in [5, 5.41) is 24.3. The molecule has 1 aliphatic carbocycles. The second kappa shape index (κ2) is 11.6. The maximum atomic E-state index is 11.3. The molecular weight excluding hydrogens is 506 g/mol. The molecule has 5 rings (SSSR count). The van der Waals surface area contributed by atoms with Crippen molar-refractivity contribution in [2.45, 2.75) is 72.3 Å². The van der Waals surface area contributed by atoms with E-state index in [1.165, 1.54) is 30.8 Å². The summed E-state index contributed by atoms with van der Waals surface area (Å²) in [7, 11) is 2.04. The molecule has 3 aliphatic rings. The number of hydrogen-bond acceptors (Lipinski definition) is 6. The third-order valence-electron chi connectivity index (χ3n) is 9.18. The van der Waals surface area contributed by atoms with Crippen molar-refractivity contribution in [2.24, 2.45) is 4.99 Å². The Morgan fingerprint density at radius 2 is 1.61 bits per heavy atom. The Labute approximate surface area is 246 Å². The van der Waals surface area contributed by atoms with E-state index in [4.69, 9.17) is 0 Å². The number of fused-ring (bicyclic) bond motifs is 2. The van der Waals surface area contributed by atoms with Gasteiger partial charge in [-0.3, -0.25) is 0 Å². The molecule has 41 heavy (non-hydrogen) atoms. The van der Waals surface area contributed by atoms with Gasteiger partial charge in [0.2, 0.25) is 6.19 Å². The van der Waals surface area contributed by atoms with Gasteiger partial charge in [-0.2, -0.15) is 10.3 Å². The molecule has 2 aromatic rings. The predicted molar refractivity (Wildman–Crippen MR) is 172 cm³/mol. The average Bonchev–Trinajstić information content (AvgIpc) is 3.34. The summed E-state index contributed by atoms with van der Waals surface area (Å²) in [6, 6.07) is 16.6. The van der Waals surface area contributed by atoms with E-state index in [9.17, 15) is 10.4 Å². The molecule has 2 N–H and O–H groups in total. The number of aliphatic hydroxyl groups excluding tert-OH is 1. The van der Waals surface area contributed by atoms with Crippen LogP contribution in [0.2, 0.25) is 0 Å². The van der Waals surface area contributed by atoms with Crippen LogP contribution in [-0.2, 0) is 10.8 Å². The molecular formula is C35H45N5O. The van der Waals surface area contributed by atoms with Crippen LogP contribution < -0.4 is 10.2 Å². The van der Waals surface area contributed by atoms with E-state index < -0.39 is 0 Å². The molecule has 0 saturated carbocycles. The molecule has 0 amide bonds. The zero-order valence-corrected chi connectivity index (χ0v) is 26.1. The van der Waals surface area contributed by atoms with E-state index in [0.29, 0.717) is 16.9 Å². The van der Waals surface area contributed by atoms with Gasteiger partial charge in [0, 0.05) is 46.1 Å². The van der Waals surface area contributed by atoms with Crippen LogP contribution in [0.1, 0.15) is 66.5 Å². The van der Waals surface area contributed by atoms with Crippen molar-refractivity contribution in [3.05, 3.63) is 93.9 Å². The quantitative estimate of drug-likeness (QED) is 0.377. The first-order valence-electron chi connectivity index (χ1n) is 14.7. The monoisotopic (exact) mass is 551 g/mol. The van der Waals surface area contributed by atoms with Crippen LogP contribution in [0.3, 0.4) is 0 Å². The average molecular weight is 552 g/mol. The van der Waals surface area contributed by atoms with E-state index in [2.05, 4.69) is 105 Å². The minimum absolute atomic E-state index is 0.0185. The molecule has 0 fully saturated rings. The topological polar surface area (TPSA) is 74.9 Å². The van der Waals surface area contributed by atoms with Crippen LogP contribution in [0.4, 0.5) is 11.4 Å². The van der Waals surface area contributed by atoms with Crippen molar-refractivity contribution in [3.63, 3.8) is 0 Å². The highest BCUT2D eigenvalue weighted by molar-refractivity contribution is 6.25. The minimum atomic E-state index is -0.235. The van der Waals surface area contributed by atoms with Gasteiger partial charge < -0.3 is 20.2 Å². The Morgan fingerprint density at radius 3 is 2.15 bits per heavy atom. The lowest BCUT2D eigenvalue weighted by Crippen LogP contribution is -2.37. The maximum Gasteiger partial charge on any atom is 0.206 e. The lowest BCUT2D eigenvalue weighted by molar-refractivity contribution is 0.321. The number of anilines is 2. The van der Waals surface area contributed by atoms with Crippen LogP contribution in [0.15, 0.2) is 87.8 Å². The normalized spacial score (nSPS) is 23.0. The molecule has 2 aromatic carbocycles. The molecule has 0 saturated heterocycles. The fraction of sp³-hybridized carbons (Fsp3) is 0.429. The van der Waals surface area contributed by atoms with Gasteiger partial charge >= 0.3 is 0 Å². The van der Waals surface area contributed by atoms with E-state index >= 15 is 0 Å². The van der Waals surface area contributed by atoms with E-state index in [1.807, 2.05) is 38.4 Å². The van der Waals surface area contributed by atoms with Gasteiger partial charge in [0.05, 0.1) is 11.8 Å². The fourth-order valence-electron chi connectivity index (χ4n) is 6.63. The highest BCUT2D eigenvalue weighted by atomic mass is 16.3. The maximum absolute atomic E-state index is 11.3. The second-order valence-electron chi connectivity index (χ2n) is 12.1. The van der Waals surface area contributed by atoms with Crippen molar-refractivity contribution in [2.75, 3.05) is 36.9 Å². The van der Waals surface area contributed by atoms with Crippen LogP contribution in [-0.4, -0.2) is 48.4 Å². The van der Waals surface area contributed by atoms with E-state index in [-0.39, 0.29) is 22.6 Å². The molecule has 0 bridgehead atoms. The van der Waals surface area contributed by atoms with Crippen LogP contribution in [0, 0.1) is 11.5 Å². The fourth-order valence-corrected chi connectivity index (χ4v) is 6.63. The predicted octanol–water partition coefficient (Wildman–Crippen LogP) is 7.48. The summed E-state index contributed by atoms with van der Waals surface area (Å²) in [5.74, 6) is 0.202. The summed E-state index contributed by atoms with van der Waals surface area (Å²) in [5.41, 5.74) is 8.22. The van der Waals surface area contributed by atoms with Crippen molar-refractivity contribution in [1.82, 2.24) is 4.90 Å². The molecule has 2 aliphatic heterocycles. The Morgan fingerprint density at radius 1 is 1.02 bits per heavy atom. The summed E-state index contributed by atoms with van der Waals surface area (Å²) >= 11 is 0. The molecule has 1 atom stereocenters. The lowest BCUT2D eigenvalue weighted by Gasteiger charge is -2.34. The third kappa shape index (κ3) is 5.08. The smallest absolute Gasteiger partial charge is 0.206 e. The first-order valence-corrected chi connectivity index (χ1v) is 14.7. The molecule has 216 valence electrons. The van der Waals surface area contributed by atoms with Crippen LogP contribution in [0.5, 0.6) is 0 Å². The van der Waals surface area contributed by atoms with Gasteiger partial charge in [-0.1, -0.05) is 84.9 Å². The number of aliphatic imine (C=N–C) groups is 1. The number of nitrogens with one attached hydrogen (secondary N) is 1. The number of para-hydroxylation sites is 2. The number of allylic oxidation sites excluding steroid dienone is 4. The van der Waals surface area contributed by atoms with Gasteiger partial charge in [-0.25, -0.2) is 0 Å². The van der Waals surface area contributed by atoms with Crippen molar-refractivity contribution in [1.29, 1.82) is 5.26 Å². The summed E-state index contributed by atoms with van der Waals surface area (Å²) < 4.78 is 0. The first kappa shape index (κ1) is 30.1. The Hall–Kier alpha value is -3.82. The molecule has 2 heterocycles. The minimum Gasteiger partial charge on any atom is -0.507 e. The zero-order chi connectivity index (χ0) is 30.1. The number of nitriles is 1. The van der Waals surface area contributed by atoms with Crippen molar-refractivity contribution < 1.29 is 5.11 Å². The van der Waals surface area contributed by atoms with Gasteiger partial charge in [-0.05, 0) is 61.5 Å². The van der Waals surface area contributed by atoms with Crippen LogP contribution >= 0.6 is 0 Å². The Balaban J connectivity index is 0.000000493. The number of nitrogens with zero attached hydrogens (tertiary/aromatic N) is 4. The largest absolute Gasteiger partial charge is 0.507 e. The Kier molecular flexibility index (Phi) is 8.52. The number of hydrogen-bond donors (Lipinski definition) is 2. The number of benzene rings is 2. The first-order chi connectivity index (χ1) is 19.4. The lowest BCUT2D eigenvalue weighted by atomic mass is 9.73. The summed E-state index contributed by atoms with van der Waals surface area (Å²) in [6.45, 7) is 20.9.